The quantitative estimate of drug-likeness (QED) is 0.693. The summed E-state index contributed by atoms with van der Waals surface area (Å²) < 4.78 is 1.67. The highest BCUT2D eigenvalue weighted by molar-refractivity contribution is 6.04. The van der Waals surface area contributed by atoms with Gasteiger partial charge in [-0.05, 0) is 36.1 Å². The molecule has 142 valence electrons. The molecule has 0 unspecified atom stereocenters. The van der Waals surface area contributed by atoms with Crippen molar-refractivity contribution >= 4 is 23.5 Å². The van der Waals surface area contributed by atoms with Crippen LogP contribution in [0.5, 0.6) is 0 Å². The van der Waals surface area contributed by atoms with Crippen LogP contribution in [0.3, 0.4) is 0 Å². The molecule has 2 amide bonds. The molecule has 7 nitrogen and oxygen atoms in total. The predicted molar refractivity (Wildman–Crippen MR) is 106 cm³/mol. The molecule has 1 heterocycles. The summed E-state index contributed by atoms with van der Waals surface area (Å²) in [5.74, 6) is 0.431. The van der Waals surface area contributed by atoms with Gasteiger partial charge in [0.25, 0.3) is 5.91 Å². The number of anilines is 2. The molecule has 1 aliphatic rings. The zero-order valence-corrected chi connectivity index (χ0v) is 15.5. The van der Waals surface area contributed by atoms with Gasteiger partial charge in [0.2, 0.25) is 11.9 Å². The lowest BCUT2D eigenvalue weighted by molar-refractivity contribution is -0.117. The number of hydrogen-bond acceptors (Lipinski definition) is 4. The molecule has 3 aromatic rings. The highest BCUT2D eigenvalue weighted by Gasteiger charge is 2.39. The topological polar surface area (TPSA) is 88.9 Å². The number of nitrogens with zero attached hydrogens (tertiary/aromatic N) is 3. The summed E-state index contributed by atoms with van der Waals surface area (Å²) in [5, 5.41) is 9.85. The molecule has 0 saturated heterocycles. The van der Waals surface area contributed by atoms with Crippen molar-refractivity contribution in [1.29, 1.82) is 0 Å². The maximum atomic E-state index is 12.5. The SMILES string of the molecule is C[C@H]1C[C@H]1C(=O)Nc1cccc(C(=O)Nc2ncn(Cc3ccccc3)n2)c1. The number of hydrogen-bond donors (Lipinski definition) is 2. The molecule has 0 bridgehead atoms. The molecule has 1 saturated carbocycles. The highest BCUT2D eigenvalue weighted by atomic mass is 16.2. The Labute approximate surface area is 162 Å². The Morgan fingerprint density at radius 1 is 1.11 bits per heavy atom. The number of nitrogens with one attached hydrogen (secondary N) is 2. The first-order chi connectivity index (χ1) is 13.6. The van der Waals surface area contributed by atoms with E-state index in [1.807, 2.05) is 30.3 Å². The maximum Gasteiger partial charge on any atom is 0.258 e. The standard InChI is InChI=1S/C21H21N5O2/c1-14-10-18(14)20(28)23-17-9-5-8-16(11-17)19(27)24-21-22-13-26(25-21)12-15-6-3-2-4-7-15/h2-9,11,13-14,18H,10,12H2,1H3,(H,23,28)(H,24,25,27)/t14-,18+/m0/s1. The number of aromatic nitrogens is 3. The van der Waals surface area contributed by atoms with E-state index in [4.69, 9.17) is 0 Å². The van der Waals surface area contributed by atoms with Gasteiger partial charge >= 0.3 is 0 Å². The van der Waals surface area contributed by atoms with E-state index in [0.717, 1.165) is 12.0 Å². The molecule has 0 aliphatic heterocycles. The Bertz CT molecular complexity index is 999. The van der Waals surface area contributed by atoms with Crippen molar-refractivity contribution in [1.82, 2.24) is 14.8 Å². The third-order valence-corrected chi connectivity index (χ3v) is 4.79. The Morgan fingerprint density at radius 2 is 1.89 bits per heavy atom. The molecule has 2 aromatic carbocycles. The Morgan fingerprint density at radius 3 is 2.64 bits per heavy atom. The predicted octanol–water partition coefficient (Wildman–Crippen LogP) is 3.17. The summed E-state index contributed by atoms with van der Waals surface area (Å²) in [6.07, 6.45) is 2.50. The maximum absolute atomic E-state index is 12.5. The highest BCUT2D eigenvalue weighted by Crippen LogP contribution is 2.38. The number of amides is 2. The number of carbonyl (C=O) groups is 2. The van der Waals surface area contributed by atoms with Crippen LogP contribution in [-0.4, -0.2) is 26.6 Å². The van der Waals surface area contributed by atoms with Gasteiger partial charge in [0.05, 0.1) is 6.54 Å². The van der Waals surface area contributed by atoms with Crippen LogP contribution in [0.15, 0.2) is 60.9 Å². The van der Waals surface area contributed by atoms with Crippen LogP contribution < -0.4 is 10.6 Å². The van der Waals surface area contributed by atoms with Crippen molar-refractivity contribution in [3.8, 4) is 0 Å². The van der Waals surface area contributed by atoms with Crippen molar-refractivity contribution < 1.29 is 9.59 Å². The van der Waals surface area contributed by atoms with Gasteiger partial charge in [-0.1, -0.05) is 43.3 Å². The number of benzene rings is 2. The van der Waals surface area contributed by atoms with Gasteiger partial charge in [-0.25, -0.2) is 9.67 Å². The third kappa shape index (κ3) is 4.25. The van der Waals surface area contributed by atoms with Gasteiger partial charge in [0.15, 0.2) is 0 Å². The van der Waals surface area contributed by atoms with Crippen molar-refractivity contribution in [2.45, 2.75) is 19.9 Å². The van der Waals surface area contributed by atoms with Gasteiger partial charge in [0, 0.05) is 17.2 Å². The zero-order chi connectivity index (χ0) is 19.5. The fourth-order valence-electron chi connectivity index (χ4n) is 3.03. The average molecular weight is 375 g/mol. The summed E-state index contributed by atoms with van der Waals surface area (Å²) in [5.41, 5.74) is 2.14. The molecule has 0 radical (unpaired) electrons. The van der Waals surface area contributed by atoms with E-state index < -0.39 is 0 Å². The molecule has 7 heteroatoms. The lowest BCUT2D eigenvalue weighted by atomic mass is 10.2. The molecule has 4 rings (SSSR count). The van der Waals surface area contributed by atoms with Crippen molar-refractivity contribution in [2.24, 2.45) is 11.8 Å². The minimum atomic E-state index is -0.326. The van der Waals surface area contributed by atoms with E-state index in [1.54, 1.807) is 35.3 Å². The van der Waals surface area contributed by atoms with Crippen LogP contribution in [0.2, 0.25) is 0 Å². The molecule has 1 aliphatic carbocycles. The largest absolute Gasteiger partial charge is 0.326 e. The average Bonchev–Trinajstić information content (AvgIpc) is 3.28. The monoisotopic (exact) mass is 375 g/mol. The van der Waals surface area contributed by atoms with Gasteiger partial charge in [-0.3, -0.25) is 14.9 Å². The summed E-state index contributed by atoms with van der Waals surface area (Å²) in [6, 6.07) is 16.7. The minimum Gasteiger partial charge on any atom is -0.326 e. The Balaban J connectivity index is 1.38. The lowest BCUT2D eigenvalue weighted by Gasteiger charge is -2.07. The van der Waals surface area contributed by atoms with E-state index in [9.17, 15) is 9.59 Å². The summed E-state index contributed by atoms with van der Waals surface area (Å²) >= 11 is 0. The Kier molecular flexibility index (Phi) is 4.89. The minimum absolute atomic E-state index is 0.00591. The van der Waals surface area contributed by atoms with E-state index in [2.05, 4.69) is 27.6 Å². The van der Waals surface area contributed by atoms with E-state index >= 15 is 0 Å². The van der Waals surface area contributed by atoms with Crippen molar-refractivity contribution in [3.63, 3.8) is 0 Å². The molecule has 28 heavy (non-hydrogen) atoms. The molecule has 2 atom stereocenters. The summed E-state index contributed by atoms with van der Waals surface area (Å²) in [4.78, 5) is 28.7. The van der Waals surface area contributed by atoms with Gasteiger partial charge in [-0.15, -0.1) is 5.10 Å². The van der Waals surface area contributed by atoms with Gasteiger partial charge < -0.3 is 5.32 Å². The first-order valence-corrected chi connectivity index (χ1v) is 9.24. The lowest BCUT2D eigenvalue weighted by Crippen LogP contribution is -2.16. The second-order valence-corrected chi connectivity index (χ2v) is 7.10. The fraction of sp³-hybridized carbons (Fsp3) is 0.238. The number of rotatable bonds is 6. The summed E-state index contributed by atoms with van der Waals surface area (Å²) in [6.45, 7) is 2.63. The number of carbonyl (C=O) groups excluding carboxylic acids is 2. The first kappa shape index (κ1) is 17.9. The van der Waals surface area contributed by atoms with Crippen LogP contribution in [-0.2, 0) is 11.3 Å². The van der Waals surface area contributed by atoms with Gasteiger partial charge in [-0.2, -0.15) is 0 Å². The molecule has 1 aromatic heterocycles. The fourth-order valence-corrected chi connectivity index (χ4v) is 3.03. The first-order valence-electron chi connectivity index (χ1n) is 9.24. The summed E-state index contributed by atoms with van der Waals surface area (Å²) in [7, 11) is 0. The van der Waals surface area contributed by atoms with E-state index in [-0.39, 0.29) is 23.7 Å². The second-order valence-electron chi connectivity index (χ2n) is 7.10. The molecule has 2 N–H and O–H groups in total. The molecular formula is C21H21N5O2. The van der Waals surface area contributed by atoms with E-state index in [1.165, 1.54) is 0 Å². The van der Waals surface area contributed by atoms with Crippen LogP contribution in [0.4, 0.5) is 11.6 Å². The van der Waals surface area contributed by atoms with Crippen molar-refractivity contribution in [3.05, 3.63) is 72.1 Å². The van der Waals surface area contributed by atoms with Crippen LogP contribution in [0, 0.1) is 11.8 Å². The zero-order valence-electron chi connectivity index (χ0n) is 15.5. The molecule has 1 fully saturated rings. The van der Waals surface area contributed by atoms with Crippen molar-refractivity contribution in [2.75, 3.05) is 10.6 Å². The molecule has 0 spiro atoms. The molecular weight excluding hydrogens is 354 g/mol. The Hall–Kier alpha value is -3.48. The normalized spacial score (nSPS) is 17.8. The van der Waals surface area contributed by atoms with Crippen LogP contribution in [0.1, 0.15) is 29.3 Å². The third-order valence-electron chi connectivity index (χ3n) is 4.79. The van der Waals surface area contributed by atoms with Gasteiger partial charge in [0.1, 0.15) is 6.33 Å². The second kappa shape index (κ2) is 7.64. The van der Waals surface area contributed by atoms with Crippen LogP contribution >= 0.6 is 0 Å². The van der Waals surface area contributed by atoms with E-state index in [0.29, 0.717) is 23.7 Å². The van der Waals surface area contributed by atoms with Crippen LogP contribution in [0.25, 0.3) is 0 Å². The smallest absolute Gasteiger partial charge is 0.258 e.